The second kappa shape index (κ2) is 4.49. The Balaban J connectivity index is 3.98. The predicted molar refractivity (Wildman–Crippen MR) is 39.6 cm³/mol. The molecule has 0 radical (unpaired) electrons. The molecule has 0 spiro atoms. The summed E-state index contributed by atoms with van der Waals surface area (Å²) in [4.78, 5) is 22.5. The topological polar surface area (TPSA) is 46.6 Å². The van der Waals surface area contributed by atoms with Crippen molar-refractivity contribution in [3.05, 3.63) is 12.8 Å². The first-order valence-corrected chi connectivity index (χ1v) is 3.08. The monoisotopic (exact) mass is 157 g/mol. The minimum absolute atomic E-state index is 0.0741. The number of ether oxygens (including phenoxy) is 1. The van der Waals surface area contributed by atoms with Crippen LogP contribution in [0.2, 0.25) is 0 Å². The van der Waals surface area contributed by atoms with Crippen LogP contribution >= 0.6 is 0 Å². The zero-order chi connectivity index (χ0) is 8.85. The highest BCUT2D eigenvalue weighted by Gasteiger charge is 2.09. The lowest BCUT2D eigenvalue weighted by molar-refractivity contribution is -0.144. The maximum Gasteiger partial charge on any atom is 0.325 e. The number of esters is 1. The van der Waals surface area contributed by atoms with Crippen LogP contribution in [0.15, 0.2) is 12.8 Å². The van der Waals surface area contributed by atoms with Crippen LogP contribution in [0.3, 0.4) is 0 Å². The Morgan fingerprint density at radius 1 is 1.64 bits per heavy atom. The molecule has 0 unspecified atom stereocenters. The molecule has 0 aliphatic rings. The molecule has 1 amide bonds. The van der Waals surface area contributed by atoms with Gasteiger partial charge in [-0.25, -0.2) is 0 Å². The SMILES string of the molecule is C=CN(CC(=O)OC)C(C)=O. The Bertz CT molecular complexity index is 177. The molecule has 4 heteroatoms. The molecule has 0 fully saturated rings. The fourth-order valence-corrected chi connectivity index (χ4v) is 0.508. The van der Waals surface area contributed by atoms with Crippen molar-refractivity contribution < 1.29 is 14.3 Å². The summed E-state index contributed by atoms with van der Waals surface area (Å²) in [6.45, 7) is 4.64. The zero-order valence-corrected chi connectivity index (χ0v) is 6.66. The average molecular weight is 157 g/mol. The van der Waals surface area contributed by atoms with Crippen LogP contribution in [-0.4, -0.2) is 30.4 Å². The lowest BCUT2D eigenvalue weighted by Crippen LogP contribution is -2.29. The maximum absolute atomic E-state index is 10.7. The van der Waals surface area contributed by atoms with Gasteiger partial charge in [0.15, 0.2) is 0 Å². The minimum atomic E-state index is -0.458. The van der Waals surface area contributed by atoms with Gasteiger partial charge in [-0.3, -0.25) is 9.59 Å². The van der Waals surface area contributed by atoms with Crippen molar-refractivity contribution >= 4 is 11.9 Å². The molecule has 11 heavy (non-hydrogen) atoms. The molecule has 0 N–H and O–H groups in total. The van der Waals surface area contributed by atoms with Gasteiger partial charge in [0.1, 0.15) is 6.54 Å². The summed E-state index contributed by atoms with van der Waals surface area (Å²) >= 11 is 0. The number of hydrogen-bond donors (Lipinski definition) is 0. The van der Waals surface area contributed by atoms with Crippen LogP contribution in [0.5, 0.6) is 0 Å². The van der Waals surface area contributed by atoms with E-state index in [-0.39, 0.29) is 12.5 Å². The first-order chi connectivity index (χ1) is 5.11. The number of amides is 1. The molecule has 0 aliphatic heterocycles. The van der Waals surface area contributed by atoms with Crippen molar-refractivity contribution in [1.29, 1.82) is 0 Å². The van der Waals surface area contributed by atoms with Gasteiger partial charge in [0, 0.05) is 13.1 Å². The van der Waals surface area contributed by atoms with E-state index >= 15 is 0 Å². The van der Waals surface area contributed by atoms with Gasteiger partial charge in [0.25, 0.3) is 0 Å². The fraction of sp³-hybridized carbons (Fsp3) is 0.429. The normalized spacial score (nSPS) is 8.55. The molecule has 0 aromatic heterocycles. The predicted octanol–water partition coefficient (Wildman–Crippen LogP) is 0.151. The van der Waals surface area contributed by atoms with Crippen molar-refractivity contribution in [1.82, 2.24) is 4.90 Å². The van der Waals surface area contributed by atoms with E-state index in [0.717, 1.165) is 0 Å². The van der Waals surface area contributed by atoms with Crippen LogP contribution in [0.25, 0.3) is 0 Å². The van der Waals surface area contributed by atoms with E-state index in [0.29, 0.717) is 0 Å². The summed E-state index contributed by atoms with van der Waals surface area (Å²) in [5, 5.41) is 0. The maximum atomic E-state index is 10.7. The van der Waals surface area contributed by atoms with Crippen molar-refractivity contribution in [2.24, 2.45) is 0 Å². The van der Waals surface area contributed by atoms with E-state index < -0.39 is 5.97 Å². The van der Waals surface area contributed by atoms with E-state index in [1.165, 1.54) is 25.1 Å². The largest absolute Gasteiger partial charge is 0.468 e. The third-order valence-electron chi connectivity index (χ3n) is 1.15. The highest BCUT2D eigenvalue weighted by molar-refractivity contribution is 5.81. The number of methoxy groups -OCH3 is 1. The summed E-state index contributed by atoms with van der Waals surface area (Å²) in [6, 6.07) is 0. The summed E-state index contributed by atoms with van der Waals surface area (Å²) in [7, 11) is 1.27. The number of hydrogen-bond acceptors (Lipinski definition) is 3. The number of carbonyl (C=O) groups is 2. The molecular formula is C7H11NO3. The van der Waals surface area contributed by atoms with Gasteiger partial charge < -0.3 is 9.64 Å². The van der Waals surface area contributed by atoms with Crippen LogP contribution < -0.4 is 0 Å². The zero-order valence-electron chi connectivity index (χ0n) is 6.66. The first-order valence-electron chi connectivity index (χ1n) is 3.08. The van der Waals surface area contributed by atoms with E-state index in [1.807, 2.05) is 0 Å². The van der Waals surface area contributed by atoms with Crippen molar-refractivity contribution in [2.45, 2.75) is 6.92 Å². The van der Waals surface area contributed by atoms with E-state index in [1.54, 1.807) is 0 Å². The van der Waals surface area contributed by atoms with Gasteiger partial charge >= 0.3 is 5.97 Å². The Labute approximate surface area is 65.4 Å². The molecule has 62 valence electrons. The molecule has 0 bridgehead atoms. The Morgan fingerprint density at radius 3 is 2.45 bits per heavy atom. The lowest BCUT2D eigenvalue weighted by Gasteiger charge is -2.12. The molecule has 0 rings (SSSR count). The summed E-state index contributed by atoms with van der Waals surface area (Å²) in [6.07, 6.45) is 1.29. The first kappa shape index (κ1) is 9.68. The van der Waals surface area contributed by atoms with Gasteiger partial charge in [-0.2, -0.15) is 0 Å². The fourth-order valence-electron chi connectivity index (χ4n) is 0.508. The van der Waals surface area contributed by atoms with Gasteiger partial charge in [-0.05, 0) is 0 Å². The Morgan fingerprint density at radius 2 is 2.18 bits per heavy atom. The van der Waals surface area contributed by atoms with Gasteiger partial charge in [0.2, 0.25) is 5.91 Å². The molecule has 0 aliphatic carbocycles. The van der Waals surface area contributed by atoms with Crippen LogP contribution in [0, 0.1) is 0 Å². The number of nitrogens with zero attached hydrogens (tertiary/aromatic N) is 1. The van der Waals surface area contributed by atoms with Crippen molar-refractivity contribution in [2.75, 3.05) is 13.7 Å². The number of carbonyl (C=O) groups excluding carboxylic acids is 2. The van der Waals surface area contributed by atoms with Crippen LogP contribution in [0.1, 0.15) is 6.92 Å². The highest BCUT2D eigenvalue weighted by atomic mass is 16.5. The van der Waals surface area contributed by atoms with E-state index in [9.17, 15) is 9.59 Å². The molecule has 4 nitrogen and oxygen atoms in total. The van der Waals surface area contributed by atoms with Gasteiger partial charge in [0.05, 0.1) is 7.11 Å². The molecule has 0 aromatic carbocycles. The third kappa shape index (κ3) is 3.40. The van der Waals surface area contributed by atoms with Crippen LogP contribution in [0.4, 0.5) is 0 Å². The molecule has 0 aromatic rings. The standard InChI is InChI=1S/C7H11NO3/c1-4-8(6(2)9)5-7(10)11-3/h4H,1,5H2,2-3H3. The minimum Gasteiger partial charge on any atom is -0.468 e. The molecule has 0 saturated carbocycles. The molecular weight excluding hydrogens is 146 g/mol. The van der Waals surface area contributed by atoms with Gasteiger partial charge in [-0.1, -0.05) is 6.58 Å². The molecule has 0 saturated heterocycles. The second-order valence-corrected chi connectivity index (χ2v) is 1.91. The van der Waals surface area contributed by atoms with Gasteiger partial charge in [-0.15, -0.1) is 0 Å². The Kier molecular flexibility index (Phi) is 3.95. The average Bonchev–Trinajstić information content (AvgIpc) is 1.99. The summed E-state index contributed by atoms with van der Waals surface area (Å²) < 4.78 is 4.35. The van der Waals surface area contributed by atoms with E-state index in [2.05, 4.69) is 11.3 Å². The lowest BCUT2D eigenvalue weighted by atomic mass is 10.5. The van der Waals surface area contributed by atoms with Crippen LogP contribution in [-0.2, 0) is 14.3 Å². The van der Waals surface area contributed by atoms with Crippen molar-refractivity contribution in [3.8, 4) is 0 Å². The Hall–Kier alpha value is -1.32. The van der Waals surface area contributed by atoms with E-state index in [4.69, 9.17) is 0 Å². The van der Waals surface area contributed by atoms with Crippen molar-refractivity contribution in [3.63, 3.8) is 0 Å². The molecule has 0 atom stereocenters. The second-order valence-electron chi connectivity index (χ2n) is 1.91. The molecule has 0 heterocycles. The number of rotatable bonds is 3. The summed E-state index contributed by atoms with van der Waals surface area (Å²) in [5.74, 6) is -0.689. The smallest absolute Gasteiger partial charge is 0.325 e. The summed E-state index contributed by atoms with van der Waals surface area (Å²) in [5.41, 5.74) is 0. The highest BCUT2D eigenvalue weighted by Crippen LogP contribution is 1.89. The third-order valence-corrected chi connectivity index (χ3v) is 1.15. The quantitative estimate of drug-likeness (QED) is 0.548.